The number of benzene rings is 2. The molecule has 0 atom stereocenters. The molecule has 32 heavy (non-hydrogen) atoms. The van der Waals surface area contributed by atoms with Crippen LogP contribution >= 0.6 is 11.6 Å². The van der Waals surface area contributed by atoms with Crippen molar-refractivity contribution in [3.05, 3.63) is 70.3 Å². The molecule has 0 bridgehead atoms. The lowest BCUT2D eigenvalue weighted by atomic mass is 10.1. The summed E-state index contributed by atoms with van der Waals surface area (Å²) in [4.78, 5) is 24.8. The number of allylic oxidation sites excluding steroid dienone is 1. The van der Waals surface area contributed by atoms with Gasteiger partial charge in [-0.1, -0.05) is 16.8 Å². The fourth-order valence-corrected chi connectivity index (χ4v) is 3.28. The van der Waals surface area contributed by atoms with Gasteiger partial charge in [-0.25, -0.2) is 0 Å². The van der Waals surface area contributed by atoms with E-state index in [-0.39, 0.29) is 28.9 Å². The minimum atomic E-state index is -0.472. The van der Waals surface area contributed by atoms with Crippen LogP contribution in [-0.4, -0.2) is 31.1 Å². The highest BCUT2D eigenvalue weighted by Crippen LogP contribution is 2.36. The van der Waals surface area contributed by atoms with E-state index in [1.165, 1.54) is 19.2 Å². The SMILES string of the molecule is COc1ccc(/C=C2\Oc3cc(OC(=O)CCc4cc(Cl)no4)ccc3C2=O)c(OC)c1. The normalized spacial score (nSPS) is 13.6. The van der Waals surface area contributed by atoms with E-state index < -0.39 is 5.97 Å². The van der Waals surface area contributed by atoms with Crippen molar-refractivity contribution >= 4 is 29.4 Å². The quantitative estimate of drug-likeness (QED) is 0.292. The third kappa shape index (κ3) is 4.60. The number of ether oxygens (including phenoxy) is 4. The average Bonchev–Trinajstić information content (AvgIpc) is 3.35. The van der Waals surface area contributed by atoms with E-state index in [4.69, 9.17) is 35.1 Å². The van der Waals surface area contributed by atoms with Crippen molar-refractivity contribution in [2.24, 2.45) is 0 Å². The number of hydrogen-bond acceptors (Lipinski definition) is 8. The van der Waals surface area contributed by atoms with Gasteiger partial charge >= 0.3 is 5.97 Å². The number of hydrogen-bond donors (Lipinski definition) is 0. The molecule has 0 radical (unpaired) electrons. The number of nitrogens with zero attached hydrogens (tertiary/aromatic N) is 1. The van der Waals surface area contributed by atoms with Crippen molar-refractivity contribution in [1.29, 1.82) is 0 Å². The number of rotatable bonds is 7. The number of ketones is 1. The van der Waals surface area contributed by atoms with Crippen molar-refractivity contribution in [3.63, 3.8) is 0 Å². The highest BCUT2D eigenvalue weighted by atomic mass is 35.5. The van der Waals surface area contributed by atoms with Gasteiger partial charge in [-0.15, -0.1) is 0 Å². The number of halogens is 1. The van der Waals surface area contributed by atoms with Crippen molar-refractivity contribution < 1.29 is 33.1 Å². The zero-order valence-corrected chi connectivity index (χ0v) is 18.0. The number of carbonyl (C=O) groups is 2. The van der Waals surface area contributed by atoms with Crippen LogP contribution in [0.4, 0.5) is 0 Å². The molecule has 2 heterocycles. The Labute approximate surface area is 188 Å². The van der Waals surface area contributed by atoms with E-state index in [1.54, 1.807) is 43.5 Å². The number of Topliss-reactive ketones (excluding diaryl/α,β-unsaturated/α-hetero) is 1. The minimum absolute atomic E-state index is 0.0742. The smallest absolute Gasteiger partial charge is 0.311 e. The minimum Gasteiger partial charge on any atom is -0.497 e. The van der Waals surface area contributed by atoms with Crippen LogP contribution in [0.2, 0.25) is 5.15 Å². The molecule has 1 aromatic heterocycles. The summed E-state index contributed by atoms with van der Waals surface area (Å²) in [6.45, 7) is 0. The largest absolute Gasteiger partial charge is 0.497 e. The summed E-state index contributed by atoms with van der Waals surface area (Å²) in [5, 5.41) is 3.78. The third-order valence-electron chi connectivity index (χ3n) is 4.71. The van der Waals surface area contributed by atoms with E-state index in [2.05, 4.69) is 5.16 Å². The topological polar surface area (TPSA) is 97.1 Å². The standard InChI is InChI=1S/C23H18ClNO7/c1-28-14-4-3-13(18(10-14)29-2)9-20-23(27)17-7-5-15(11-19(17)31-20)30-22(26)8-6-16-12-21(24)25-32-16/h3-5,7,9-12H,6,8H2,1-2H3/b20-9-. The van der Waals surface area contributed by atoms with E-state index in [0.29, 0.717) is 40.6 Å². The first-order chi connectivity index (χ1) is 15.5. The summed E-state index contributed by atoms with van der Waals surface area (Å²) in [5.74, 6) is 1.60. The average molecular weight is 456 g/mol. The van der Waals surface area contributed by atoms with Gasteiger partial charge in [0, 0.05) is 30.2 Å². The molecule has 0 amide bonds. The van der Waals surface area contributed by atoms with Gasteiger partial charge in [0.05, 0.1) is 26.2 Å². The molecule has 3 aromatic rings. The Morgan fingerprint density at radius 2 is 1.91 bits per heavy atom. The molecular formula is C23H18ClNO7. The second-order valence-corrected chi connectivity index (χ2v) is 7.18. The van der Waals surface area contributed by atoms with Gasteiger partial charge in [0.25, 0.3) is 0 Å². The third-order valence-corrected chi connectivity index (χ3v) is 4.88. The zero-order chi connectivity index (χ0) is 22.7. The Morgan fingerprint density at radius 1 is 1.09 bits per heavy atom. The van der Waals surface area contributed by atoms with Crippen LogP contribution in [0.15, 0.2) is 52.7 Å². The van der Waals surface area contributed by atoms with Crippen LogP contribution in [-0.2, 0) is 11.2 Å². The van der Waals surface area contributed by atoms with Crippen LogP contribution in [0.25, 0.3) is 6.08 Å². The maximum absolute atomic E-state index is 12.7. The lowest BCUT2D eigenvalue weighted by molar-refractivity contribution is -0.134. The summed E-state index contributed by atoms with van der Waals surface area (Å²) < 4.78 is 26.6. The summed E-state index contributed by atoms with van der Waals surface area (Å²) in [6, 6.07) is 11.4. The predicted molar refractivity (Wildman–Crippen MR) is 114 cm³/mol. The maximum atomic E-state index is 12.7. The fourth-order valence-electron chi connectivity index (χ4n) is 3.12. The van der Waals surface area contributed by atoms with Crippen molar-refractivity contribution in [2.45, 2.75) is 12.8 Å². The zero-order valence-electron chi connectivity index (χ0n) is 17.2. The number of carbonyl (C=O) groups excluding carboxylic acids is 2. The molecule has 0 aliphatic carbocycles. The first-order valence-corrected chi connectivity index (χ1v) is 9.96. The van der Waals surface area contributed by atoms with Gasteiger partial charge in [0.1, 0.15) is 28.8 Å². The molecule has 164 valence electrons. The van der Waals surface area contributed by atoms with Gasteiger partial charge in [-0.3, -0.25) is 9.59 Å². The second-order valence-electron chi connectivity index (χ2n) is 6.80. The summed E-state index contributed by atoms with van der Waals surface area (Å²) in [5.41, 5.74) is 1.03. The van der Waals surface area contributed by atoms with Crippen LogP contribution in [0.3, 0.4) is 0 Å². The molecule has 0 fully saturated rings. The Bertz CT molecular complexity index is 1210. The molecule has 1 aliphatic rings. The first-order valence-electron chi connectivity index (χ1n) is 9.59. The summed E-state index contributed by atoms with van der Waals surface area (Å²) in [7, 11) is 3.09. The fraction of sp³-hybridized carbons (Fsp3) is 0.174. The number of methoxy groups -OCH3 is 2. The van der Waals surface area contributed by atoms with Crippen LogP contribution < -0.4 is 18.9 Å². The molecular weight excluding hydrogens is 438 g/mol. The summed E-state index contributed by atoms with van der Waals surface area (Å²) >= 11 is 5.69. The molecule has 0 N–H and O–H groups in total. The molecule has 1 aliphatic heterocycles. The lowest BCUT2D eigenvalue weighted by Gasteiger charge is -2.08. The number of esters is 1. The van der Waals surface area contributed by atoms with E-state index in [9.17, 15) is 9.59 Å². The molecule has 0 unspecified atom stereocenters. The number of aryl methyl sites for hydroxylation is 1. The van der Waals surface area contributed by atoms with Gasteiger partial charge in [-0.05, 0) is 30.3 Å². The van der Waals surface area contributed by atoms with Crippen LogP contribution in [0.1, 0.15) is 28.1 Å². The highest BCUT2D eigenvalue weighted by Gasteiger charge is 2.28. The van der Waals surface area contributed by atoms with Crippen molar-refractivity contribution in [3.8, 4) is 23.0 Å². The molecule has 0 saturated heterocycles. The Morgan fingerprint density at radius 3 is 2.62 bits per heavy atom. The lowest BCUT2D eigenvalue weighted by Crippen LogP contribution is -2.08. The predicted octanol–water partition coefficient (Wildman–Crippen LogP) is 4.50. The number of fused-ring (bicyclic) bond motifs is 1. The molecule has 0 saturated carbocycles. The van der Waals surface area contributed by atoms with Gasteiger partial charge in [0.2, 0.25) is 5.78 Å². The van der Waals surface area contributed by atoms with Gasteiger partial charge < -0.3 is 23.5 Å². The Hall–Kier alpha value is -3.78. The Kier molecular flexibility index (Phi) is 6.13. The molecule has 4 rings (SSSR count). The Balaban J connectivity index is 1.46. The maximum Gasteiger partial charge on any atom is 0.311 e. The van der Waals surface area contributed by atoms with Crippen molar-refractivity contribution in [1.82, 2.24) is 5.16 Å². The molecule has 9 heteroatoms. The van der Waals surface area contributed by atoms with E-state index in [0.717, 1.165) is 0 Å². The van der Waals surface area contributed by atoms with Crippen molar-refractivity contribution in [2.75, 3.05) is 14.2 Å². The summed E-state index contributed by atoms with van der Waals surface area (Å²) in [6.07, 6.45) is 1.97. The first kappa shape index (κ1) is 21.5. The van der Waals surface area contributed by atoms with Crippen LogP contribution in [0, 0.1) is 0 Å². The van der Waals surface area contributed by atoms with Gasteiger partial charge in [0.15, 0.2) is 10.9 Å². The second kappa shape index (κ2) is 9.15. The van der Waals surface area contributed by atoms with Crippen LogP contribution in [0.5, 0.6) is 23.0 Å². The highest BCUT2D eigenvalue weighted by molar-refractivity contribution is 6.29. The molecule has 2 aromatic carbocycles. The monoisotopic (exact) mass is 455 g/mol. The molecule has 8 nitrogen and oxygen atoms in total. The molecule has 0 spiro atoms. The number of aromatic nitrogens is 1. The van der Waals surface area contributed by atoms with Gasteiger partial charge in [-0.2, -0.15) is 0 Å². The van der Waals surface area contributed by atoms with E-state index >= 15 is 0 Å². The van der Waals surface area contributed by atoms with E-state index in [1.807, 2.05) is 0 Å².